The van der Waals surface area contributed by atoms with Gasteiger partial charge in [-0.25, -0.2) is 19.6 Å². The van der Waals surface area contributed by atoms with Crippen LogP contribution in [0.3, 0.4) is 0 Å². The number of rotatable bonds is 3. The van der Waals surface area contributed by atoms with E-state index in [-0.39, 0.29) is 11.5 Å². The number of piperidine rings is 1. The van der Waals surface area contributed by atoms with Crippen molar-refractivity contribution in [3.8, 4) is 11.3 Å². The molecule has 0 N–H and O–H groups in total. The van der Waals surface area contributed by atoms with Crippen LogP contribution in [0.4, 0.5) is 21.1 Å². The highest BCUT2D eigenvalue weighted by Crippen LogP contribution is 2.43. The molecule has 3 aromatic rings. The van der Waals surface area contributed by atoms with Crippen molar-refractivity contribution in [1.82, 2.24) is 14.9 Å². The number of anilines is 2. The molecule has 2 aliphatic heterocycles. The first-order chi connectivity index (χ1) is 20.1. The zero-order valence-corrected chi connectivity index (χ0v) is 27.0. The molecule has 1 atom stereocenters. The highest BCUT2D eigenvalue weighted by Gasteiger charge is 2.43. The molecule has 1 aromatic carbocycles. The predicted octanol–water partition coefficient (Wildman–Crippen LogP) is 7.55. The standard InChI is InChI=1S/C33H42ClN5O4/c1-31(2,3)42-29(40)37(7)28-12-9-22(19-35-28)25-18-27(24-11-10-23(34)17-26(24)36-25)38-16-14-33(20-38)13-8-15-39(21-33)30(41)43-32(4,5)6/h9-12,17-19H,8,13-16,20-21H2,1-7H3. The first kappa shape index (κ1) is 30.9. The molecule has 2 aliphatic rings. The van der Waals surface area contributed by atoms with Crippen LogP contribution in [-0.2, 0) is 9.47 Å². The van der Waals surface area contributed by atoms with Gasteiger partial charge in [0.05, 0.1) is 11.2 Å². The average Bonchev–Trinajstić information content (AvgIpc) is 3.32. The molecular formula is C33H42ClN5O4. The minimum Gasteiger partial charge on any atom is -0.444 e. The molecule has 4 heterocycles. The molecule has 0 bridgehead atoms. The fourth-order valence-electron chi connectivity index (χ4n) is 5.92. The molecule has 2 saturated heterocycles. The summed E-state index contributed by atoms with van der Waals surface area (Å²) in [6, 6.07) is 11.6. The summed E-state index contributed by atoms with van der Waals surface area (Å²) in [5.41, 5.74) is 2.36. The topological polar surface area (TPSA) is 88.1 Å². The minimum atomic E-state index is -0.599. The molecule has 1 unspecified atom stereocenters. The number of ether oxygens (including phenoxy) is 2. The first-order valence-electron chi connectivity index (χ1n) is 14.9. The van der Waals surface area contributed by atoms with Crippen LogP contribution < -0.4 is 9.80 Å². The fraction of sp³-hybridized carbons (Fsp3) is 0.515. The molecule has 10 heteroatoms. The van der Waals surface area contributed by atoms with E-state index in [9.17, 15) is 9.59 Å². The summed E-state index contributed by atoms with van der Waals surface area (Å²) < 4.78 is 11.2. The van der Waals surface area contributed by atoms with Gasteiger partial charge in [-0.1, -0.05) is 11.6 Å². The van der Waals surface area contributed by atoms with Gasteiger partial charge in [0.15, 0.2) is 0 Å². The van der Waals surface area contributed by atoms with Crippen molar-refractivity contribution < 1.29 is 19.1 Å². The van der Waals surface area contributed by atoms with Gasteiger partial charge in [-0.2, -0.15) is 0 Å². The van der Waals surface area contributed by atoms with Gasteiger partial charge >= 0.3 is 12.2 Å². The molecule has 5 rings (SSSR count). The number of likely N-dealkylation sites (tertiary alicyclic amines) is 1. The first-order valence-corrected chi connectivity index (χ1v) is 15.3. The molecule has 2 aromatic heterocycles. The Kier molecular flexibility index (Phi) is 8.24. The summed E-state index contributed by atoms with van der Waals surface area (Å²) in [5.74, 6) is 0.482. The smallest absolute Gasteiger partial charge is 0.415 e. The van der Waals surface area contributed by atoms with E-state index in [4.69, 9.17) is 26.1 Å². The van der Waals surface area contributed by atoms with Crippen LogP contribution in [0.5, 0.6) is 0 Å². The third-order valence-electron chi connectivity index (χ3n) is 7.90. The third-order valence-corrected chi connectivity index (χ3v) is 8.13. The normalized spacial score (nSPS) is 19.2. The third kappa shape index (κ3) is 7.15. The summed E-state index contributed by atoms with van der Waals surface area (Å²) in [4.78, 5) is 40.6. The largest absolute Gasteiger partial charge is 0.444 e. The Hall–Kier alpha value is -3.59. The van der Waals surface area contributed by atoms with E-state index >= 15 is 0 Å². The number of amides is 2. The quantitative estimate of drug-likeness (QED) is 0.304. The second-order valence-electron chi connectivity index (χ2n) is 13.8. The number of hydrogen-bond donors (Lipinski definition) is 0. The van der Waals surface area contributed by atoms with Gasteiger partial charge in [0, 0.05) is 66.5 Å². The van der Waals surface area contributed by atoms with Crippen LogP contribution in [0.15, 0.2) is 42.6 Å². The Morgan fingerprint density at radius 1 is 0.953 bits per heavy atom. The molecule has 9 nitrogen and oxygen atoms in total. The van der Waals surface area contributed by atoms with Crippen LogP contribution in [-0.4, -0.2) is 71.5 Å². The van der Waals surface area contributed by atoms with E-state index < -0.39 is 17.3 Å². The highest BCUT2D eigenvalue weighted by molar-refractivity contribution is 6.31. The summed E-state index contributed by atoms with van der Waals surface area (Å²) in [5, 5.41) is 1.65. The Bertz CT molecular complexity index is 1510. The maximum absolute atomic E-state index is 12.9. The van der Waals surface area contributed by atoms with Crippen molar-refractivity contribution in [2.45, 2.75) is 72.0 Å². The zero-order valence-electron chi connectivity index (χ0n) is 26.2. The summed E-state index contributed by atoms with van der Waals surface area (Å²) in [6.07, 6.45) is 4.05. The molecule has 0 radical (unpaired) electrons. The Balaban J connectivity index is 1.41. The summed E-state index contributed by atoms with van der Waals surface area (Å²) in [6.45, 7) is 14.3. The fourth-order valence-corrected chi connectivity index (χ4v) is 6.08. The number of fused-ring (bicyclic) bond motifs is 1. The van der Waals surface area contributed by atoms with Crippen molar-refractivity contribution in [1.29, 1.82) is 0 Å². The van der Waals surface area contributed by atoms with Gasteiger partial charge in [-0.05, 0) is 97.2 Å². The van der Waals surface area contributed by atoms with Gasteiger partial charge in [-0.15, -0.1) is 0 Å². The van der Waals surface area contributed by atoms with Crippen LogP contribution in [0.25, 0.3) is 22.2 Å². The van der Waals surface area contributed by atoms with Crippen molar-refractivity contribution in [3.05, 3.63) is 47.6 Å². The number of hydrogen-bond acceptors (Lipinski definition) is 7. The second kappa shape index (κ2) is 11.5. The molecule has 2 fully saturated rings. The summed E-state index contributed by atoms with van der Waals surface area (Å²) in [7, 11) is 1.64. The Morgan fingerprint density at radius 2 is 1.70 bits per heavy atom. The number of pyridine rings is 2. The number of benzene rings is 1. The van der Waals surface area contributed by atoms with Gasteiger partial charge in [0.1, 0.15) is 17.0 Å². The lowest BCUT2D eigenvalue weighted by atomic mass is 9.79. The molecule has 2 amide bonds. The monoisotopic (exact) mass is 607 g/mol. The van der Waals surface area contributed by atoms with Crippen molar-refractivity contribution >= 4 is 46.2 Å². The van der Waals surface area contributed by atoms with E-state index in [1.54, 1.807) is 19.3 Å². The zero-order chi connectivity index (χ0) is 31.2. The Morgan fingerprint density at radius 3 is 2.37 bits per heavy atom. The van der Waals surface area contributed by atoms with Gasteiger partial charge in [0.2, 0.25) is 0 Å². The van der Waals surface area contributed by atoms with E-state index in [1.165, 1.54) is 4.90 Å². The van der Waals surface area contributed by atoms with Crippen molar-refractivity contribution in [2.24, 2.45) is 5.41 Å². The maximum Gasteiger partial charge on any atom is 0.415 e. The average molecular weight is 608 g/mol. The van der Waals surface area contributed by atoms with Crippen LogP contribution in [0.2, 0.25) is 5.02 Å². The molecule has 0 saturated carbocycles. The minimum absolute atomic E-state index is 0.00673. The van der Waals surface area contributed by atoms with E-state index in [0.29, 0.717) is 17.4 Å². The predicted molar refractivity (Wildman–Crippen MR) is 171 cm³/mol. The number of aromatic nitrogens is 2. The number of carbonyl (C=O) groups is 2. The van der Waals surface area contributed by atoms with Crippen LogP contribution in [0.1, 0.15) is 60.8 Å². The van der Waals surface area contributed by atoms with Crippen LogP contribution >= 0.6 is 11.6 Å². The molecule has 230 valence electrons. The van der Waals surface area contributed by atoms with Gasteiger partial charge in [-0.3, -0.25) is 4.90 Å². The lowest BCUT2D eigenvalue weighted by Gasteiger charge is -2.40. The lowest BCUT2D eigenvalue weighted by Crippen LogP contribution is -2.48. The van der Waals surface area contributed by atoms with Crippen LogP contribution in [0, 0.1) is 5.41 Å². The SMILES string of the molecule is CN(C(=O)OC(C)(C)C)c1ccc(-c2cc(N3CCC4(CCCN(C(=O)OC(C)(C)C)C4)C3)c3ccc(Cl)cc3n2)cn1. The van der Waals surface area contributed by atoms with Gasteiger partial charge in [0.25, 0.3) is 0 Å². The number of nitrogens with zero attached hydrogens (tertiary/aromatic N) is 5. The van der Waals surface area contributed by atoms with E-state index in [0.717, 1.165) is 66.7 Å². The highest BCUT2D eigenvalue weighted by atomic mass is 35.5. The molecule has 43 heavy (non-hydrogen) atoms. The van der Waals surface area contributed by atoms with Gasteiger partial charge < -0.3 is 19.3 Å². The number of halogens is 1. The lowest BCUT2D eigenvalue weighted by molar-refractivity contribution is 0.00712. The molecule has 1 spiro atoms. The van der Waals surface area contributed by atoms with E-state index in [2.05, 4.69) is 16.0 Å². The van der Waals surface area contributed by atoms with Crippen molar-refractivity contribution in [3.63, 3.8) is 0 Å². The summed E-state index contributed by atoms with van der Waals surface area (Å²) >= 11 is 6.40. The van der Waals surface area contributed by atoms with E-state index in [1.807, 2.05) is 70.7 Å². The van der Waals surface area contributed by atoms with Crippen molar-refractivity contribution in [2.75, 3.05) is 43.0 Å². The number of carbonyl (C=O) groups excluding carboxylic acids is 2. The Labute approximate surface area is 259 Å². The maximum atomic E-state index is 12.9. The molecule has 0 aliphatic carbocycles. The second-order valence-corrected chi connectivity index (χ2v) is 14.2. The molecular weight excluding hydrogens is 566 g/mol.